The lowest BCUT2D eigenvalue weighted by molar-refractivity contribution is 0.623. The fourth-order valence-corrected chi connectivity index (χ4v) is 1.17. The van der Waals surface area contributed by atoms with Crippen molar-refractivity contribution in [2.45, 2.75) is 6.92 Å². The number of halogens is 1. The number of hydrogen-bond donors (Lipinski definition) is 1. The van der Waals surface area contributed by atoms with Crippen LogP contribution in [0.2, 0.25) is 0 Å². The zero-order valence-corrected chi connectivity index (χ0v) is 6.95. The first kappa shape index (κ1) is 7.85. The second-order valence-corrected chi connectivity index (χ2v) is 2.69. The van der Waals surface area contributed by atoms with E-state index in [2.05, 4.69) is 15.0 Å². The number of fused-ring (bicyclic) bond motifs is 1. The molecule has 4 nitrogen and oxygen atoms in total. The van der Waals surface area contributed by atoms with E-state index in [1.807, 2.05) is 0 Å². The van der Waals surface area contributed by atoms with E-state index < -0.39 is 5.82 Å². The molecule has 0 aromatic carbocycles. The second kappa shape index (κ2) is 2.62. The van der Waals surface area contributed by atoms with Crippen LogP contribution in [-0.2, 0) is 0 Å². The van der Waals surface area contributed by atoms with Crippen LogP contribution in [0.4, 0.5) is 10.3 Å². The van der Waals surface area contributed by atoms with Crippen LogP contribution in [0.15, 0.2) is 12.3 Å². The highest BCUT2D eigenvalue weighted by Gasteiger charge is 2.04. The van der Waals surface area contributed by atoms with Crippen molar-refractivity contribution in [3.05, 3.63) is 23.8 Å². The van der Waals surface area contributed by atoms with Crippen LogP contribution in [0.1, 0.15) is 5.69 Å². The van der Waals surface area contributed by atoms with Gasteiger partial charge in [-0.15, -0.1) is 0 Å². The van der Waals surface area contributed by atoms with Crippen LogP contribution in [0.3, 0.4) is 0 Å². The van der Waals surface area contributed by atoms with Gasteiger partial charge in [0.1, 0.15) is 11.3 Å². The van der Waals surface area contributed by atoms with Crippen LogP contribution in [0, 0.1) is 12.7 Å². The molecule has 2 heterocycles. The number of rotatable bonds is 0. The Bertz CT molecular complexity index is 464. The van der Waals surface area contributed by atoms with E-state index in [0.717, 1.165) is 6.20 Å². The first-order chi connectivity index (χ1) is 6.16. The predicted molar refractivity (Wildman–Crippen MR) is 46.4 cm³/mol. The lowest BCUT2D eigenvalue weighted by Gasteiger charge is -2.00. The van der Waals surface area contributed by atoms with Gasteiger partial charge in [0, 0.05) is 6.07 Å². The van der Waals surface area contributed by atoms with Crippen molar-refractivity contribution in [3.8, 4) is 0 Å². The van der Waals surface area contributed by atoms with Gasteiger partial charge in [0.05, 0.1) is 17.4 Å². The van der Waals surface area contributed by atoms with Crippen molar-refractivity contribution in [1.82, 2.24) is 15.0 Å². The maximum absolute atomic E-state index is 12.7. The first-order valence-corrected chi connectivity index (χ1v) is 3.72. The summed E-state index contributed by atoms with van der Waals surface area (Å²) in [5.41, 5.74) is 7.07. The summed E-state index contributed by atoms with van der Waals surface area (Å²) in [6, 6.07) is 1.29. The number of hydrogen-bond acceptors (Lipinski definition) is 4. The zero-order chi connectivity index (χ0) is 9.42. The Morgan fingerprint density at radius 2 is 2.15 bits per heavy atom. The molecule has 2 N–H and O–H groups in total. The van der Waals surface area contributed by atoms with Crippen LogP contribution in [0.5, 0.6) is 0 Å². The minimum atomic E-state index is -0.426. The lowest BCUT2D eigenvalue weighted by Crippen LogP contribution is -1.99. The smallest absolute Gasteiger partial charge is 0.220 e. The molecule has 0 saturated carbocycles. The van der Waals surface area contributed by atoms with Gasteiger partial charge in [-0.3, -0.25) is 0 Å². The molecule has 2 aromatic rings. The summed E-state index contributed by atoms with van der Waals surface area (Å²) in [7, 11) is 0. The summed E-state index contributed by atoms with van der Waals surface area (Å²) < 4.78 is 12.7. The Morgan fingerprint density at radius 1 is 1.38 bits per heavy atom. The SMILES string of the molecule is Cc1nc(N)nc2cc(F)cnc12. The van der Waals surface area contributed by atoms with Crippen molar-refractivity contribution in [2.75, 3.05) is 5.73 Å². The number of aryl methyl sites for hydroxylation is 1. The van der Waals surface area contributed by atoms with E-state index in [9.17, 15) is 4.39 Å². The molecule has 0 saturated heterocycles. The van der Waals surface area contributed by atoms with Gasteiger partial charge >= 0.3 is 0 Å². The van der Waals surface area contributed by atoms with Crippen LogP contribution < -0.4 is 5.73 Å². The maximum atomic E-state index is 12.7. The molecule has 0 fully saturated rings. The highest BCUT2D eigenvalue weighted by molar-refractivity contribution is 5.76. The summed E-state index contributed by atoms with van der Waals surface area (Å²) in [5, 5.41) is 0. The molecule has 66 valence electrons. The minimum absolute atomic E-state index is 0.136. The molecule has 0 aliphatic rings. The van der Waals surface area contributed by atoms with Crippen molar-refractivity contribution in [1.29, 1.82) is 0 Å². The Morgan fingerprint density at radius 3 is 2.92 bits per heavy atom. The number of anilines is 1. The van der Waals surface area contributed by atoms with Gasteiger partial charge in [-0.1, -0.05) is 0 Å². The van der Waals surface area contributed by atoms with Crippen LogP contribution in [0.25, 0.3) is 11.0 Å². The third-order valence-electron chi connectivity index (χ3n) is 1.69. The summed E-state index contributed by atoms with van der Waals surface area (Å²) in [5.74, 6) is -0.289. The fraction of sp³-hybridized carbons (Fsp3) is 0.125. The van der Waals surface area contributed by atoms with Gasteiger partial charge in [-0.25, -0.2) is 19.3 Å². The largest absolute Gasteiger partial charge is 0.368 e. The zero-order valence-electron chi connectivity index (χ0n) is 6.95. The van der Waals surface area contributed by atoms with Gasteiger partial charge < -0.3 is 5.73 Å². The summed E-state index contributed by atoms with van der Waals surface area (Å²) in [6.07, 6.45) is 1.13. The summed E-state index contributed by atoms with van der Waals surface area (Å²) in [6.45, 7) is 1.76. The predicted octanol–water partition coefficient (Wildman–Crippen LogP) is 1.05. The minimum Gasteiger partial charge on any atom is -0.368 e. The molecule has 0 aliphatic heterocycles. The third-order valence-corrected chi connectivity index (χ3v) is 1.69. The summed E-state index contributed by atoms with van der Waals surface area (Å²) >= 11 is 0. The van der Waals surface area contributed by atoms with Gasteiger partial charge in [0.15, 0.2) is 0 Å². The summed E-state index contributed by atoms with van der Waals surface area (Å²) in [4.78, 5) is 11.6. The third kappa shape index (κ3) is 1.28. The highest BCUT2D eigenvalue weighted by atomic mass is 19.1. The van der Waals surface area contributed by atoms with Gasteiger partial charge in [-0.2, -0.15) is 0 Å². The molecule has 2 aromatic heterocycles. The molecule has 0 atom stereocenters. The molecule has 0 bridgehead atoms. The number of pyridine rings is 1. The molecular formula is C8H7FN4. The molecule has 0 spiro atoms. The van der Waals surface area contributed by atoms with E-state index in [-0.39, 0.29) is 5.95 Å². The van der Waals surface area contributed by atoms with Crippen LogP contribution in [-0.4, -0.2) is 15.0 Å². The quantitative estimate of drug-likeness (QED) is 0.655. The number of nitrogen functional groups attached to an aromatic ring is 1. The van der Waals surface area contributed by atoms with Crippen molar-refractivity contribution in [3.63, 3.8) is 0 Å². The standard InChI is InChI=1S/C8H7FN4/c1-4-7-6(13-8(10)12-4)2-5(9)3-11-7/h2-3H,1H3,(H2,10,12,13). The molecule has 0 amide bonds. The Balaban J connectivity index is 2.86. The average Bonchev–Trinajstić information content (AvgIpc) is 2.02. The lowest BCUT2D eigenvalue weighted by atomic mass is 10.3. The molecular weight excluding hydrogens is 171 g/mol. The Labute approximate surface area is 73.6 Å². The van der Waals surface area contributed by atoms with Gasteiger partial charge in [-0.05, 0) is 6.92 Å². The molecule has 0 aliphatic carbocycles. The van der Waals surface area contributed by atoms with Gasteiger partial charge in [0.2, 0.25) is 5.95 Å². The van der Waals surface area contributed by atoms with Crippen molar-refractivity contribution < 1.29 is 4.39 Å². The maximum Gasteiger partial charge on any atom is 0.220 e. The van der Waals surface area contributed by atoms with E-state index >= 15 is 0 Å². The highest BCUT2D eigenvalue weighted by Crippen LogP contribution is 2.13. The molecule has 0 unspecified atom stereocenters. The average molecular weight is 178 g/mol. The van der Waals surface area contributed by atoms with E-state index in [4.69, 9.17) is 5.73 Å². The first-order valence-electron chi connectivity index (χ1n) is 3.72. The van der Waals surface area contributed by atoms with E-state index in [1.54, 1.807) is 6.92 Å². The monoisotopic (exact) mass is 178 g/mol. The molecule has 2 rings (SSSR count). The molecule has 0 radical (unpaired) electrons. The van der Waals surface area contributed by atoms with E-state index in [0.29, 0.717) is 16.7 Å². The second-order valence-electron chi connectivity index (χ2n) is 2.69. The number of nitrogens with zero attached hydrogens (tertiary/aromatic N) is 3. The number of aromatic nitrogens is 3. The van der Waals surface area contributed by atoms with Gasteiger partial charge in [0.25, 0.3) is 0 Å². The van der Waals surface area contributed by atoms with Crippen molar-refractivity contribution >= 4 is 17.0 Å². The Kier molecular flexibility index (Phi) is 1.58. The van der Waals surface area contributed by atoms with Crippen LogP contribution >= 0.6 is 0 Å². The van der Waals surface area contributed by atoms with E-state index in [1.165, 1.54) is 6.07 Å². The normalized spacial score (nSPS) is 10.6. The molecule has 5 heteroatoms. The fourth-order valence-electron chi connectivity index (χ4n) is 1.17. The number of nitrogens with two attached hydrogens (primary N) is 1. The van der Waals surface area contributed by atoms with Crippen molar-refractivity contribution in [2.24, 2.45) is 0 Å². The molecule has 13 heavy (non-hydrogen) atoms. The Hall–Kier alpha value is -1.78. The topological polar surface area (TPSA) is 64.7 Å².